The number of carbonyl (C=O) groups excluding carboxylic acids is 1. The van der Waals surface area contributed by atoms with Crippen molar-refractivity contribution in [3.05, 3.63) is 83.9 Å². The first kappa shape index (κ1) is 20.5. The molecule has 3 aromatic rings. The van der Waals surface area contributed by atoms with Gasteiger partial charge in [0, 0.05) is 10.9 Å². The van der Waals surface area contributed by atoms with E-state index in [9.17, 15) is 4.79 Å². The molecule has 1 unspecified atom stereocenters. The molecule has 3 aromatic carbocycles. The normalized spacial score (nSPS) is 11.7. The van der Waals surface area contributed by atoms with Gasteiger partial charge in [0.15, 0.2) is 5.78 Å². The molecule has 0 N–H and O–H groups in total. The molecular weight excluding hydrogens is 379 g/mol. The first-order chi connectivity index (χ1) is 13.3. The van der Waals surface area contributed by atoms with Gasteiger partial charge in [0.1, 0.15) is 12.4 Å². The fraction of sp³-hybridized carbons (Fsp3) is 0.208. The highest BCUT2D eigenvalue weighted by molar-refractivity contribution is 7.56. The van der Waals surface area contributed by atoms with Gasteiger partial charge in [0.2, 0.25) is 0 Å². The maximum atomic E-state index is 12.1. The second-order valence-corrected chi connectivity index (χ2v) is 14.4. The summed E-state index contributed by atoms with van der Waals surface area (Å²) in [4.78, 5) is 12.1. The summed E-state index contributed by atoms with van der Waals surface area (Å²) in [5.41, 5.74) is 1.95. The lowest BCUT2D eigenvalue weighted by Crippen LogP contribution is -2.39. The topological polar surface area (TPSA) is 26.3 Å². The Morgan fingerprint density at radius 2 is 1.57 bits per heavy atom. The molecule has 0 fully saturated rings. The lowest BCUT2D eigenvalue weighted by atomic mass is 10.1. The van der Waals surface area contributed by atoms with E-state index in [2.05, 4.69) is 56.0 Å². The molecule has 0 heterocycles. The minimum Gasteiger partial charge on any atom is -0.488 e. The van der Waals surface area contributed by atoms with Crippen LogP contribution in [0.5, 0.6) is 5.75 Å². The summed E-state index contributed by atoms with van der Waals surface area (Å²) in [6.07, 6.45) is 0. The van der Waals surface area contributed by atoms with E-state index in [1.165, 1.54) is 10.5 Å². The third kappa shape index (κ3) is 5.18. The van der Waals surface area contributed by atoms with Gasteiger partial charge in [-0.1, -0.05) is 100 Å². The second kappa shape index (κ2) is 8.85. The van der Waals surface area contributed by atoms with Gasteiger partial charge < -0.3 is 4.74 Å². The number of hydrogen-bond acceptors (Lipinski definition) is 2. The van der Waals surface area contributed by atoms with Gasteiger partial charge in [0.25, 0.3) is 0 Å². The molecule has 0 radical (unpaired) electrons. The summed E-state index contributed by atoms with van der Waals surface area (Å²) >= 11 is 0. The number of ether oxygens (including phenoxy) is 1. The van der Waals surface area contributed by atoms with E-state index in [0.717, 1.165) is 22.2 Å². The van der Waals surface area contributed by atoms with Crippen molar-refractivity contribution in [2.45, 2.75) is 33.2 Å². The predicted octanol–water partition coefficient (Wildman–Crippen LogP) is 4.64. The van der Waals surface area contributed by atoms with Crippen molar-refractivity contribution in [3.8, 4) is 5.75 Å². The minimum absolute atomic E-state index is 0.108. The average molecular weight is 407 g/mol. The van der Waals surface area contributed by atoms with Crippen molar-refractivity contribution in [2.24, 2.45) is 0 Å². The Hall–Kier alpha value is -2.22. The fourth-order valence-electron chi connectivity index (χ4n) is 3.00. The second-order valence-electron chi connectivity index (χ2n) is 7.96. The third-order valence-corrected chi connectivity index (χ3v) is 8.07. The van der Waals surface area contributed by atoms with E-state index in [1.807, 2.05) is 36.4 Å². The molecule has 0 aromatic heterocycles. The predicted molar refractivity (Wildman–Crippen MR) is 124 cm³/mol. The molecule has 0 aliphatic heterocycles. The van der Waals surface area contributed by atoms with Gasteiger partial charge >= 0.3 is 0 Å². The van der Waals surface area contributed by atoms with Crippen LogP contribution in [0.4, 0.5) is 0 Å². The Balaban J connectivity index is 1.95. The number of rotatable bonds is 7. The number of carbonyl (C=O) groups is 1. The van der Waals surface area contributed by atoms with Crippen LogP contribution in [-0.4, -0.2) is 13.9 Å². The van der Waals surface area contributed by atoms with E-state index >= 15 is 0 Å². The van der Waals surface area contributed by atoms with Gasteiger partial charge in [-0.2, -0.15) is 0 Å². The summed E-state index contributed by atoms with van der Waals surface area (Å²) in [6, 6.07) is 24.7. The van der Waals surface area contributed by atoms with Gasteiger partial charge in [-0.15, -0.1) is 0 Å². The van der Waals surface area contributed by atoms with Crippen LogP contribution >= 0.6 is 8.58 Å². The summed E-state index contributed by atoms with van der Waals surface area (Å²) in [7, 11) is -1.06. The molecule has 1 atom stereocenters. The van der Waals surface area contributed by atoms with Crippen LogP contribution in [0.1, 0.15) is 22.8 Å². The van der Waals surface area contributed by atoms with Crippen molar-refractivity contribution in [2.75, 3.05) is 0 Å². The van der Waals surface area contributed by atoms with Crippen molar-refractivity contribution < 1.29 is 9.53 Å². The number of ketones is 1. The molecule has 0 spiro atoms. The van der Waals surface area contributed by atoms with E-state index < -0.39 is 8.07 Å². The van der Waals surface area contributed by atoms with Crippen LogP contribution in [0.2, 0.25) is 19.6 Å². The van der Waals surface area contributed by atoms with Crippen molar-refractivity contribution >= 4 is 38.2 Å². The minimum atomic E-state index is -1.45. The number of hydrogen-bond donors (Lipinski definition) is 0. The smallest absolute Gasteiger partial charge is 0.160 e. The van der Waals surface area contributed by atoms with Crippen molar-refractivity contribution in [1.82, 2.24) is 0 Å². The van der Waals surface area contributed by atoms with Gasteiger partial charge in [-0.05, 0) is 23.9 Å². The Kier molecular flexibility index (Phi) is 6.48. The summed E-state index contributed by atoms with van der Waals surface area (Å²) in [6.45, 7) is 9.23. The summed E-state index contributed by atoms with van der Waals surface area (Å²) in [5.74, 6) is 1.01. The lowest BCUT2D eigenvalue weighted by Gasteiger charge is -2.20. The lowest BCUT2D eigenvalue weighted by molar-refractivity contribution is 0.101. The molecular formula is C24H27O2PSi. The quantitative estimate of drug-likeness (QED) is 0.325. The Morgan fingerprint density at radius 3 is 2.25 bits per heavy atom. The standard InChI is InChI=1S/C24H27O2PSi/c1-18(25)21-12-8-9-13-23(21)27-24-16-20(28(2,3)4)14-15-22(24)26-17-19-10-6-5-7-11-19/h5-16,27H,17H2,1-4H3. The zero-order valence-electron chi connectivity index (χ0n) is 17.0. The van der Waals surface area contributed by atoms with E-state index in [4.69, 9.17) is 4.74 Å². The zero-order chi connectivity index (χ0) is 20.1. The molecule has 0 amide bonds. The number of benzene rings is 3. The molecule has 0 saturated heterocycles. The van der Waals surface area contributed by atoms with E-state index in [0.29, 0.717) is 15.2 Å². The number of Topliss-reactive ketones (excluding diaryl/α,β-unsaturated/α-hetero) is 1. The van der Waals surface area contributed by atoms with E-state index in [-0.39, 0.29) is 5.78 Å². The highest BCUT2D eigenvalue weighted by Crippen LogP contribution is 2.22. The van der Waals surface area contributed by atoms with E-state index in [1.54, 1.807) is 6.92 Å². The summed E-state index contributed by atoms with van der Waals surface area (Å²) < 4.78 is 6.20. The molecule has 2 nitrogen and oxygen atoms in total. The maximum absolute atomic E-state index is 12.1. The molecule has 144 valence electrons. The molecule has 4 heteroatoms. The molecule has 0 aliphatic carbocycles. The van der Waals surface area contributed by atoms with Crippen LogP contribution in [0.25, 0.3) is 0 Å². The highest BCUT2D eigenvalue weighted by Gasteiger charge is 2.19. The van der Waals surface area contributed by atoms with Crippen LogP contribution in [-0.2, 0) is 6.61 Å². The van der Waals surface area contributed by atoms with Crippen LogP contribution in [0, 0.1) is 0 Å². The maximum Gasteiger partial charge on any atom is 0.160 e. The third-order valence-electron chi connectivity index (χ3n) is 4.66. The van der Waals surface area contributed by atoms with Crippen LogP contribution in [0.3, 0.4) is 0 Å². The molecule has 0 bridgehead atoms. The first-order valence-electron chi connectivity index (χ1n) is 9.53. The van der Waals surface area contributed by atoms with Crippen molar-refractivity contribution in [3.63, 3.8) is 0 Å². The largest absolute Gasteiger partial charge is 0.488 e. The van der Waals surface area contributed by atoms with Gasteiger partial charge in [-0.25, -0.2) is 0 Å². The zero-order valence-corrected chi connectivity index (χ0v) is 19.0. The molecule has 3 rings (SSSR count). The van der Waals surface area contributed by atoms with Crippen LogP contribution < -0.4 is 20.5 Å². The first-order valence-corrected chi connectivity index (χ1v) is 14.0. The van der Waals surface area contributed by atoms with Gasteiger partial charge in [0.05, 0.1) is 8.07 Å². The summed E-state index contributed by atoms with van der Waals surface area (Å²) in [5, 5.41) is 3.65. The Labute approximate surface area is 170 Å². The molecule has 0 aliphatic rings. The SMILES string of the molecule is CC(=O)c1ccccc1Pc1cc([Si](C)(C)C)ccc1OCc1ccccc1. The Morgan fingerprint density at radius 1 is 0.893 bits per heavy atom. The fourth-order valence-corrected chi connectivity index (χ4v) is 5.67. The van der Waals surface area contributed by atoms with Crippen molar-refractivity contribution in [1.29, 1.82) is 0 Å². The Bertz CT molecular complexity index is 962. The average Bonchev–Trinajstić information content (AvgIpc) is 2.67. The monoisotopic (exact) mass is 406 g/mol. The van der Waals surface area contributed by atoms with Crippen LogP contribution in [0.15, 0.2) is 72.8 Å². The molecule has 0 saturated carbocycles. The molecule has 28 heavy (non-hydrogen) atoms. The highest BCUT2D eigenvalue weighted by atomic mass is 31.1. The van der Waals surface area contributed by atoms with Gasteiger partial charge in [-0.3, -0.25) is 4.79 Å².